The van der Waals surface area contributed by atoms with Gasteiger partial charge in [-0.1, -0.05) is 71.5 Å². The maximum atomic E-state index is 13.0. The van der Waals surface area contributed by atoms with Gasteiger partial charge in [-0.25, -0.2) is 0 Å². The van der Waals surface area contributed by atoms with Gasteiger partial charge in [0.1, 0.15) is 18.2 Å². The van der Waals surface area contributed by atoms with Crippen LogP contribution in [0.4, 0.5) is 5.13 Å². The second-order valence-corrected chi connectivity index (χ2v) is 9.70. The number of carbonyl (C=O) groups is 1. The zero-order valence-electron chi connectivity index (χ0n) is 20.8. The standard InChI is InChI=1S/C29H22ClN5O3S/c1-37-25-12-6-7-13-26(25)38-15-14-35-18-20(21-8-3-5-11-24(21)35)16-19(17-31)27(36)32-29-34-33-28(39-29)22-9-2-4-10-23(22)30/h2-13,16,18H,14-15H2,1H3,(H,32,34,36)/b19-16-. The predicted octanol–water partition coefficient (Wildman–Crippen LogP) is 6.45. The van der Waals surface area contributed by atoms with Crippen LogP contribution in [0.1, 0.15) is 5.56 Å². The third-order valence-corrected chi connectivity index (χ3v) is 7.09. The maximum Gasteiger partial charge on any atom is 0.268 e. The summed E-state index contributed by atoms with van der Waals surface area (Å²) < 4.78 is 13.3. The first-order valence-electron chi connectivity index (χ1n) is 11.9. The van der Waals surface area contributed by atoms with Gasteiger partial charge < -0.3 is 14.0 Å². The van der Waals surface area contributed by atoms with Crippen molar-refractivity contribution in [2.75, 3.05) is 19.0 Å². The van der Waals surface area contributed by atoms with E-state index in [1.54, 1.807) is 19.3 Å². The Hall–Kier alpha value is -4.65. The zero-order valence-corrected chi connectivity index (χ0v) is 22.4. The highest BCUT2D eigenvalue weighted by Crippen LogP contribution is 2.32. The molecule has 0 aliphatic rings. The Bertz CT molecular complexity index is 1720. The Morgan fingerprint density at radius 1 is 1.08 bits per heavy atom. The molecule has 194 valence electrons. The van der Waals surface area contributed by atoms with Gasteiger partial charge in [0, 0.05) is 28.2 Å². The topological polar surface area (TPSA) is 102 Å². The van der Waals surface area contributed by atoms with Crippen molar-refractivity contribution in [2.45, 2.75) is 6.54 Å². The normalized spacial score (nSPS) is 11.3. The highest BCUT2D eigenvalue weighted by molar-refractivity contribution is 7.18. The first kappa shape index (κ1) is 26.0. The molecule has 0 fully saturated rings. The molecule has 0 saturated heterocycles. The molecule has 5 rings (SSSR count). The molecule has 1 amide bonds. The summed E-state index contributed by atoms with van der Waals surface area (Å²) in [5, 5.41) is 22.9. The molecule has 0 aliphatic carbocycles. The number of fused-ring (bicyclic) bond motifs is 1. The molecular formula is C29H22ClN5O3S. The van der Waals surface area contributed by atoms with Crippen LogP contribution < -0.4 is 14.8 Å². The molecule has 1 N–H and O–H groups in total. The molecule has 2 aromatic heterocycles. The van der Waals surface area contributed by atoms with Crippen LogP contribution in [-0.4, -0.2) is 34.4 Å². The molecule has 0 aliphatic heterocycles. The monoisotopic (exact) mass is 555 g/mol. The van der Waals surface area contributed by atoms with E-state index in [-0.39, 0.29) is 10.7 Å². The molecule has 3 aromatic carbocycles. The van der Waals surface area contributed by atoms with E-state index < -0.39 is 5.91 Å². The van der Waals surface area contributed by atoms with Gasteiger partial charge in [-0.3, -0.25) is 10.1 Å². The lowest BCUT2D eigenvalue weighted by atomic mass is 10.1. The maximum absolute atomic E-state index is 13.0. The minimum Gasteiger partial charge on any atom is -0.493 e. The molecule has 2 heterocycles. The molecule has 0 unspecified atom stereocenters. The molecule has 0 bridgehead atoms. The van der Waals surface area contributed by atoms with Gasteiger partial charge in [-0.05, 0) is 30.3 Å². The number of benzene rings is 3. The third-order valence-electron chi connectivity index (χ3n) is 5.89. The van der Waals surface area contributed by atoms with E-state index in [0.717, 1.165) is 22.0 Å². The highest BCUT2D eigenvalue weighted by atomic mass is 35.5. The summed E-state index contributed by atoms with van der Waals surface area (Å²) in [6.07, 6.45) is 3.48. The fourth-order valence-electron chi connectivity index (χ4n) is 4.05. The Labute approximate surface area is 233 Å². The number of para-hydroxylation sites is 3. The molecule has 0 atom stereocenters. The number of halogens is 1. The average Bonchev–Trinajstić information content (AvgIpc) is 3.56. The van der Waals surface area contributed by atoms with Crippen LogP contribution in [0.5, 0.6) is 11.5 Å². The second-order valence-electron chi connectivity index (χ2n) is 8.31. The Balaban J connectivity index is 1.34. The average molecular weight is 556 g/mol. The number of aromatic nitrogens is 3. The number of carbonyl (C=O) groups excluding carboxylic acids is 1. The van der Waals surface area contributed by atoms with Crippen molar-refractivity contribution in [3.63, 3.8) is 0 Å². The summed E-state index contributed by atoms with van der Waals surface area (Å²) in [6, 6.07) is 24.5. The minimum absolute atomic E-state index is 0.0577. The van der Waals surface area contributed by atoms with Gasteiger partial charge in [0.15, 0.2) is 16.5 Å². The molecule has 0 radical (unpaired) electrons. The summed E-state index contributed by atoms with van der Waals surface area (Å²) in [5.41, 5.74) is 2.36. The molecule has 0 saturated carbocycles. The smallest absolute Gasteiger partial charge is 0.268 e. The molecule has 39 heavy (non-hydrogen) atoms. The Kier molecular flexibility index (Phi) is 7.87. The van der Waals surface area contributed by atoms with Crippen molar-refractivity contribution in [3.05, 3.63) is 95.2 Å². The van der Waals surface area contributed by atoms with Crippen molar-refractivity contribution in [2.24, 2.45) is 0 Å². The van der Waals surface area contributed by atoms with Crippen molar-refractivity contribution in [3.8, 4) is 28.1 Å². The number of ether oxygens (including phenoxy) is 2. The number of hydrogen-bond acceptors (Lipinski definition) is 7. The number of methoxy groups -OCH3 is 1. The van der Waals surface area contributed by atoms with Crippen molar-refractivity contribution in [1.29, 1.82) is 5.26 Å². The van der Waals surface area contributed by atoms with E-state index in [4.69, 9.17) is 21.1 Å². The molecular weight excluding hydrogens is 534 g/mol. The van der Waals surface area contributed by atoms with Crippen LogP contribution in [0.2, 0.25) is 5.02 Å². The number of amides is 1. The van der Waals surface area contributed by atoms with Crippen molar-refractivity contribution >= 4 is 51.0 Å². The third kappa shape index (κ3) is 5.77. The van der Waals surface area contributed by atoms with Gasteiger partial charge in [0.25, 0.3) is 5.91 Å². The second kappa shape index (κ2) is 11.8. The predicted molar refractivity (Wildman–Crippen MR) is 153 cm³/mol. The van der Waals surface area contributed by atoms with E-state index in [2.05, 4.69) is 15.5 Å². The lowest BCUT2D eigenvalue weighted by Gasteiger charge is -2.11. The number of anilines is 1. The SMILES string of the molecule is COc1ccccc1OCCn1cc(/C=C(/C#N)C(=O)Nc2nnc(-c3ccccc3Cl)s2)c2ccccc21. The van der Waals surface area contributed by atoms with Crippen LogP contribution in [0.3, 0.4) is 0 Å². The first-order valence-corrected chi connectivity index (χ1v) is 13.1. The van der Waals surface area contributed by atoms with E-state index in [1.165, 1.54) is 11.3 Å². The Morgan fingerprint density at radius 3 is 2.62 bits per heavy atom. The number of nitrogens with one attached hydrogen (secondary N) is 1. The fraction of sp³-hybridized carbons (Fsp3) is 0.103. The van der Waals surface area contributed by atoms with Crippen LogP contribution in [-0.2, 0) is 11.3 Å². The van der Waals surface area contributed by atoms with Crippen LogP contribution in [0, 0.1) is 11.3 Å². The van der Waals surface area contributed by atoms with E-state index >= 15 is 0 Å². The lowest BCUT2D eigenvalue weighted by Crippen LogP contribution is -2.13. The summed E-state index contributed by atoms with van der Waals surface area (Å²) in [4.78, 5) is 13.0. The summed E-state index contributed by atoms with van der Waals surface area (Å²) in [5.74, 6) is 0.752. The van der Waals surface area contributed by atoms with Crippen molar-refractivity contribution < 1.29 is 14.3 Å². The van der Waals surface area contributed by atoms with Crippen LogP contribution in [0.15, 0.2) is 84.6 Å². The quantitative estimate of drug-likeness (QED) is 0.166. The summed E-state index contributed by atoms with van der Waals surface area (Å²) in [6.45, 7) is 0.953. The van der Waals surface area contributed by atoms with Gasteiger partial charge in [0.05, 0.1) is 18.7 Å². The lowest BCUT2D eigenvalue weighted by molar-refractivity contribution is -0.112. The van der Waals surface area contributed by atoms with Gasteiger partial charge in [-0.2, -0.15) is 5.26 Å². The fourth-order valence-corrected chi connectivity index (χ4v) is 5.11. The van der Waals surface area contributed by atoms with E-state index in [1.807, 2.05) is 83.6 Å². The largest absolute Gasteiger partial charge is 0.493 e. The number of nitriles is 1. The van der Waals surface area contributed by atoms with Crippen LogP contribution >= 0.6 is 22.9 Å². The molecule has 8 nitrogen and oxygen atoms in total. The van der Waals surface area contributed by atoms with Gasteiger partial charge in [-0.15, -0.1) is 10.2 Å². The molecule has 5 aromatic rings. The number of rotatable bonds is 9. The number of nitrogens with zero attached hydrogens (tertiary/aromatic N) is 4. The van der Waals surface area contributed by atoms with E-state index in [0.29, 0.717) is 34.7 Å². The highest BCUT2D eigenvalue weighted by Gasteiger charge is 2.16. The van der Waals surface area contributed by atoms with Crippen LogP contribution in [0.25, 0.3) is 27.6 Å². The summed E-state index contributed by atoms with van der Waals surface area (Å²) in [7, 11) is 1.60. The number of hydrogen-bond donors (Lipinski definition) is 1. The Morgan fingerprint density at radius 2 is 1.82 bits per heavy atom. The molecule has 0 spiro atoms. The van der Waals surface area contributed by atoms with Gasteiger partial charge >= 0.3 is 0 Å². The van der Waals surface area contributed by atoms with E-state index in [9.17, 15) is 10.1 Å². The molecule has 10 heteroatoms. The summed E-state index contributed by atoms with van der Waals surface area (Å²) >= 11 is 7.42. The first-order chi connectivity index (χ1) is 19.1. The van der Waals surface area contributed by atoms with Gasteiger partial charge in [0.2, 0.25) is 5.13 Å². The zero-order chi connectivity index (χ0) is 27.2. The minimum atomic E-state index is -0.573. The van der Waals surface area contributed by atoms with Crippen molar-refractivity contribution in [1.82, 2.24) is 14.8 Å².